The second-order valence-electron chi connectivity index (χ2n) is 4.65. The third-order valence-electron chi connectivity index (χ3n) is 2.78. The highest BCUT2D eigenvalue weighted by molar-refractivity contribution is 5.21. The monoisotopic (exact) mass is 259 g/mol. The van der Waals surface area contributed by atoms with Gasteiger partial charge < -0.3 is 15.5 Å². The van der Waals surface area contributed by atoms with Gasteiger partial charge in [0.15, 0.2) is 0 Å². The summed E-state index contributed by atoms with van der Waals surface area (Å²) in [5.41, 5.74) is 0.0444. The van der Waals surface area contributed by atoms with Crippen molar-refractivity contribution in [2.45, 2.75) is 26.1 Å². The summed E-state index contributed by atoms with van der Waals surface area (Å²) >= 11 is 0. The van der Waals surface area contributed by atoms with Crippen molar-refractivity contribution in [3.8, 4) is 0 Å². The van der Waals surface area contributed by atoms with Crippen LogP contribution in [0.5, 0.6) is 0 Å². The molecule has 2 atom stereocenters. The molecule has 3 N–H and O–H groups in total. The van der Waals surface area contributed by atoms with Crippen LogP contribution >= 0.6 is 0 Å². The summed E-state index contributed by atoms with van der Waals surface area (Å²) in [6.07, 6.45) is -1.58. The molecule has 0 aliphatic rings. The van der Waals surface area contributed by atoms with E-state index in [2.05, 4.69) is 5.32 Å². The average Bonchev–Trinajstić information content (AvgIpc) is 2.28. The number of aliphatic hydroxyl groups excluding tert-OH is 2. The van der Waals surface area contributed by atoms with Crippen LogP contribution in [0, 0.1) is 17.6 Å². The maximum Gasteiger partial charge on any atom is 0.131 e. The summed E-state index contributed by atoms with van der Waals surface area (Å²) in [6.45, 7) is 4.18. The number of rotatable bonds is 6. The van der Waals surface area contributed by atoms with E-state index in [4.69, 9.17) is 0 Å². The fraction of sp³-hybridized carbons (Fsp3) is 0.538. The zero-order valence-electron chi connectivity index (χ0n) is 10.5. The lowest BCUT2D eigenvalue weighted by atomic mass is 10.1. The summed E-state index contributed by atoms with van der Waals surface area (Å²) < 4.78 is 26.0. The number of halogens is 2. The van der Waals surface area contributed by atoms with Gasteiger partial charge in [-0.05, 0) is 12.0 Å². The molecule has 0 aliphatic carbocycles. The lowest BCUT2D eigenvalue weighted by Crippen LogP contribution is -2.33. The first-order chi connectivity index (χ1) is 8.41. The molecule has 0 saturated carbocycles. The molecule has 2 unspecified atom stereocenters. The summed E-state index contributed by atoms with van der Waals surface area (Å²) in [5.74, 6) is -1.34. The number of hydrogen-bond donors (Lipinski definition) is 3. The van der Waals surface area contributed by atoms with Crippen LogP contribution in [0.3, 0.4) is 0 Å². The molecule has 0 aromatic heterocycles. The molecule has 0 radical (unpaired) electrons. The van der Waals surface area contributed by atoms with E-state index in [1.54, 1.807) is 0 Å². The van der Waals surface area contributed by atoms with Gasteiger partial charge in [-0.25, -0.2) is 8.78 Å². The maximum atomic E-state index is 13.3. The van der Waals surface area contributed by atoms with Gasteiger partial charge in [0, 0.05) is 24.7 Å². The second-order valence-corrected chi connectivity index (χ2v) is 4.65. The summed E-state index contributed by atoms with van der Waals surface area (Å²) in [4.78, 5) is 0. The molecule has 0 aliphatic heterocycles. The molecule has 0 amide bonds. The molecule has 1 rings (SSSR count). The van der Waals surface area contributed by atoms with Gasteiger partial charge in [-0.2, -0.15) is 0 Å². The molecule has 0 saturated heterocycles. The minimum absolute atomic E-state index is 0.0444. The highest BCUT2D eigenvalue weighted by Gasteiger charge is 2.14. The van der Waals surface area contributed by atoms with E-state index in [9.17, 15) is 19.0 Å². The van der Waals surface area contributed by atoms with Crippen LogP contribution < -0.4 is 5.32 Å². The molecule has 0 spiro atoms. The Bertz CT molecular complexity index is 385. The molecular formula is C13H19F2NO2. The van der Waals surface area contributed by atoms with Gasteiger partial charge in [0.05, 0.1) is 12.2 Å². The maximum absolute atomic E-state index is 13.3. The number of benzene rings is 1. The first-order valence-electron chi connectivity index (χ1n) is 5.93. The van der Waals surface area contributed by atoms with Crippen LogP contribution in [0.4, 0.5) is 8.78 Å². The van der Waals surface area contributed by atoms with Gasteiger partial charge in [-0.1, -0.05) is 19.9 Å². The third kappa shape index (κ3) is 4.33. The quantitative estimate of drug-likeness (QED) is 0.727. The van der Waals surface area contributed by atoms with Gasteiger partial charge >= 0.3 is 0 Å². The zero-order chi connectivity index (χ0) is 13.7. The molecule has 102 valence electrons. The van der Waals surface area contributed by atoms with Crippen molar-refractivity contribution in [1.29, 1.82) is 0 Å². The highest BCUT2D eigenvalue weighted by atomic mass is 19.1. The minimum Gasteiger partial charge on any atom is -0.392 e. The van der Waals surface area contributed by atoms with Gasteiger partial charge in [0.2, 0.25) is 0 Å². The molecule has 3 nitrogen and oxygen atoms in total. The molecule has 5 heteroatoms. The topological polar surface area (TPSA) is 52.5 Å². The van der Waals surface area contributed by atoms with Crippen molar-refractivity contribution >= 4 is 0 Å². The molecule has 0 bridgehead atoms. The van der Waals surface area contributed by atoms with Crippen molar-refractivity contribution in [3.63, 3.8) is 0 Å². The Labute approximate surface area is 105 Å². The van der Waals surface area contributed by atoms with E-state index in [1.807, 2.05) is 13.8 Å². The van der Waals surface area contributed by atoms with Crippen molar-refractivity contribution in [1.82, 2.24) is 5.32 Å². The summed E-state index contributed by atoms with van der Waals surface area (Å²) in [5, 5.41) is 22.1. The number of hydrogen-bond acceptors (Lipinski definition) is 3. The van der Waals surface area contributed by atoms with Gasteiger partial charge in [0.1, 0.15) is 11.6 Å². The van der Waals surface area contributed by atoms with Crippen molar-refractivity contribution in [2.75, 3.05) is 13.1 Å². The normalized spacial score (nSPS) is 14.8. The minimum atomic E-state index is -1.06. The Kier molecular flexibility index (Phi) is 5.65. The Morgan fingerprint density at radius 3 is 2.39 bits per heavy atom. The van der Waals surface area contributed by atoms with Crippen molar-refractivity contribution < 1.29 is 19.0 Å². The molecular weight excluding hydrogens is 240 g/mol. The summed E-state index contributed by atoms with van der Waals surface area (Å²) in [6, 6.07) is 3.06. The molecule has 1 aromatic carbocycles. The number of nitrogens with one attached hydrogen (secondary N) is 1. The Hall–Kier alpha value is -1.04. The zero-order valence-corrected chi connectivity index (χ0v) is 10.5. The fourth-order valence-corrected chi connectivity index (χ4v) is 1.49. The highest BCUT2D eigenvalue weighted by Crippen LogP contribution is 2.17. The number of aliphatic hydroxyl groups is 2. The third-order valence-corrected chi connectivity index (χ3v) is 2.78. The SMILES string of the molecule is CC(C)C(O)CNCC(O)c1ccc(F)cc1F. The van der Waals surface area contributed by atoms with Crippen LogP contribution in [-0.2, 0) is 0 Å². The van der Waals surface area contributed by atoms with E-state index in [0.717, 1.165) is 12.1 Å². The van der Waals surface area contributed by atoms with Crippen LogP contribution in [0.25, 0.3) is 0 Å². The van der Waals surface area contributed by atoms with Crippen molar-refractivity contribution in [3.05, 3.63) is 35.4 Å². The second kappa shape index (κ2) is 6.78. The standard InChI is InChI=1S/C13H19F2NO2/c1-8(2)12(17)6-16-7-13(18)10-4-3-9(14)5-11(10)15/h3-5,8,12-13,16-18H,6-7H2,1-2H3. The van der Waals surface area contributed by atoms with Gasteiger partial charge in [0.25, 0.3) is 0 Å². The molecule has 0 heterocycles. The molecule has 1 aromatic rings. The molecule has 0 fully saturated rings. The molecule has 18 heavy (non-hydrogen) atoms. The smallest absolute Gasteiger partial charge is 0.131 e. The predicted molar refractivity (Wildman–Crippen MR) is 65.0 cm³/mol. The van der Waals surface area contributed by atoms with E-state index in [0.29, 0.717) is 6.54 Å². The predicted octanol–water partition coefficient (Wildman–Crippen LogP) is 1.60. The van der Waals surface area contributed by atoms with Crippen LogP contribution in [0.15, 0.2) is 18.2 Å². The first kappa shape index (κ1) is 15.0. The Morgan fingerprint density at radius 2 is 1.83 bits per heavy atom. The lowest BCUT2D eigenvalue weighted by Gasteiger charge is -2.17. The van der Waals surface area contributed by atoms with Crippen molar-refractivity contribution in [2.24, 2.45) is 5.92 Å². The lowest BCUT2D eigenvalue weighted by molar-refractivity contribution is 0.112. The summed E-state index contributed by atoms with van der Waals surface area (Å²) in [7, 11) is 0. The van der Waals surface area contributed by atoms with E-state index in [1.165, 1.54) is 6.07 Å². The van der Waals surface area contributed by atoms with Crippen LogP contribution in [0.1, 0.15) is 25.5 Å². The first-order valence-corrected chi connectivity index (χ1v) is 5.93. The largest absolute Gasteiger partial charge is 0.392 e. The fourth-order valence-electron chi connectivity index (χ4n) is 1.49. The van der Waals surface area contributed by atoms with Gasteiger partial charge in [-0.3, -0.25) is 0 Å². The van der Waals surface area contributed by atoms with Crippen LogP contribution in [0.2, 0.25) is 0 Å². The Morgan fingerprint density at radius 1 is 1.17 bits per heavy atom. The van der Waals surface area contributed by atoms with E-state index < -0.39 is 23.8 Å². The average molecular weight is 259 g/mol. The Balaban J connectivity index is 2.48. The van der Waals surface area contributed by atoms with Gasteiger partial charge in [-0.15, -0.1) is 0 Å². The van der Waals surface area contributed by atoms with Crippen LogP contribution in [-0.4, -0.2) is 29.4 Å². The van der Waals surface area contributed by atoms with E-state index >= 15 is 0 Å². The van der Waals surface area contributed by atoms with E-state index in [-0.39, 0.29) is 18.0 Å².